The molecule has 2 rings (SSSR count). The van der Waals surface area contributed by atoms with Gasteiger partial charge >= 0.3 is 0 Å². The Labute approximate surface area is 125 Å². The van der Waals surface area contributed by atoms with Crippen LogP contribution in [0, 0.1) is 0 Å². The molecule has 0 spiro atoms. The molecule has 1 saturated heterocycles. The Morgan fingerprint density at radius 1 is 1.40 bits per heavy atom. The largest absolute Gasteiger partial charge is 0.378 e. The average molecular weight is 299 g/mol. The molecular formula is C14H23ClN4O. The summed E-state index contributed by atoms with van der Waals surface area (Å²) in [4.78, 5) is 11.0. The van der Waals surface area contributed by atoms with Gasteiger partial charge in [0.25, 0.3) is 0 Å². The number of ether oxygens (including phenoxy) is 1. The summed E-state index contributed by atoms with van der Waals surface area (Å²) in [5.41, 5.74) is 0. The molecule has 112 valence electrons. The summed E-state index contributed by atoms with van der Waals surface area (Å²) < 4.78 is 5.67. The van der Waals surface area contributed by atoms with E-state index in [1.165, 1.54) is 0 Å². The second-order valence-corrected chi connectivity index (χ2v) is 5.34. The fourth-order valence-corrected chi connectivity index (χ4v) is 2.58. The van der Waals surface area contributed by atoms with Gasteiger partial charge in [0.1, 0.15) is 5.02 Å². The van der Waals surface area contributed by atoms with Crippen LogP contribution in [0.2, 0.25) is 5.02 Å². The molecule has 0 aromatic carbocycles. The highest BCUT2D eigenvalue weighted by molar-refractivity contribution is 6.32. The number of nitrogens with zero attached hydrogens (tertiary/aromatic N) is 3. The van der Waals surface area contributed by atoms with E-state index in [1.807, 2.05) is 6.92 Å². The highest BCUT2D eigenvalue weighted by atomic mass is 35.5. The third kappa shape index (κ3) is 3.96. The number of aromatic nitrogens is 2. The smallest absolute Gasteiger partial charge is 0.224 e. The van der Waals surface area contributed by atoms with Crippen molar-refractivity contribution in [2.24, 2.45) is 0 Å². The third-order valence-corrected chi connectivity index (χ3v) is 3.67. The van der Waals surface area contributed by atoms with E-state index in [2.05, 4.69) is 27.1 Å². The lowest BCUT2D eigenvalue weighted by atomic mass is 10.1. The normalized spacial score (nSPS) is 16.4. The highest BCUT2D eigenvalue weighted by Gasteiger charge is 2.22. The van der Waals surface area contributed by atoms with Crippen molar-refractivity contribution in [2.45, 2.75) is 39.2 Å². The van der Waals surface area contributed by atoms with Crippen LogP contribution in [0.4, 0.5) is 11.8 Å². The van der Waals surface area contributed by atoms with Gasteiger partial charge in [-0.3, -0.25) is 0 Å². The molecule has 20 heavy (non-hydrogen) atoms. The van der Waals surface area contributed by atoms with Crippen molar-refractivity contribution in [2.75, 3.05) is 36.5 Å². The van der Waals surface area contributed by atoms with Crippen LogP contribution in [-0.2, 0) is 4.74 Å². The minimum absolute atomic E-state index is 0.370. The maximum absolute atomic E-state index is 6.24. The van der Waals surface area contributed by atoms with Crippen molar-refractivity contribution >= 4 is 23.4 Å². The van der Waals surface area contributed by atoms with E-state index >= 15 is 0 Å². The SMILES string of the molecule is CCCNc1ncc(Cl)c(N2CCC(OCC)CC2)n1. The lowest BCUT2D eigenvalue weighted by Crippen LogP contribution is -2.37. The Kier molecular flexibility index (Phi) is 5.86. The quantitative estimate of drug-likeness (QED) is 0.875. The number of piperidine rings is 1. The lowest BCUT2D eigenvalue weighted by molar-refractivity contribution is 0.0458. The van der Waals surface area contributed by atoms with Gasteiger partial charge in [-0.2, -0.15) is 4.98 Å². The first-order valence-corrected chi connectivity index (χ1v) is 7.75. The zero-order valence-corrected chi connectivity index (χ0v) is 13.0. The van der Waals surface area contributed by atoms with Crippen LogP contribution in [0.1, 0.15) is 33.1 Å². The van der Waals surface area contributed by atoms with Crippen LogP contribution in [-0.4, -0.2) is 42.3 Å². The molecular weight excluding hydrogens is 276 g/mol. The van der Waals surface area contributed by atoms with Gasteiger partial charge in [0, 0.05) is 26.2 Å². The predicted octanol–water partition coefficient (Wildman–Crippen LogP) is 2.96. The van der Waals surface area contributed by atoms with E-state index in [9.17, 15) is 0 Å². The minimum atomic E-state index is 0.370. The number of hydrogen-bond acceptors (Lipinski definition) is 5. The van der Waals surface area contributed by atoms with Gasteiger partial charge in [-0.15, -0.1) is 0 Å². The van der Waals surface area contributed by atoms with Crippen molar-refractivity contribution < 1.29 is 4.74 Å². The van der Waals surface area contributed by atoms with E-state index in [1.54, 1.807) is 6.20 Å². The summed E-state index contributed by atoms with van der Waals surface area (Å²) in [5.74, 6) is 1.48. The van der Waals surface area contributed by atoms with Crippen LogP contribution in [0.15, 0.2) is 6.20 Å². The molecule has 6 heteroatoms. The van der Waals surface area contributed by atoms with Crippen molar-refractivity contribution in [3.8, 4) is 0 Å². The van der Waals surface area contributed by atoms with Gasteiger partial charge in [0.05, 0.1) is 12.3 Å². The van der Waals surface area contributed by atoms with Gasteiger partial charge in [0.2, 0.25) is 5.95 Å². The van der Waals surface area contributed by atoms with E-state index < -0.39 is 0 Å². The molecule has 1 fully saturated rings. The number of rotatable bonds is 6. The minimum Gasteiger partial charge on any atom is -0.378 e. The van der Waals surface area contributed by atoms with Crippen molar-refractivity contribution in [3.63, 3.8) is 0 Å². The first-order chi connectivity index (χ1) is 9.74. The van der Waals surface area contributed by atoms with Gasteiger partial charge in [-0.25, -0.2) is 4.98 Å². The van der Waals surface area contributed by atoms with E-state index in [0.717, 1.165) is 51.3 Å². The number of halogens is 1. The fraction of sp³-hybridized carbons (Fsp3) is 0.714. The van der Waals surface area contributed by atoms with E-state index in [-0.39, 0.29) is 0 Å². The molecule has 0 unspecified atom stereocenters. The molecule has 0 aliphatic carbocycles. The van der Waals surface area contributed by atoms with Crippen LogP contribution in [0.5, 0.6) is 0 Å². The molecule has 1 aliphatic rings. The van der Waals surface area contributed by atoms with Gasteiger partial charge < -0.3 is 15.0 Å². The molecule has 0 bridgehead atoms. The number of anilines is 2. The first kappa shape index (κ1) is 15.3. The molecule has 0 radical (unpaired) electrons. The highest BCUT2D eigenvalue weighted by Crippen LogP contribution is 2.27. The van der Waals surface area contributed by atoms with Crippen LogP contribution in [0.25, 0.3) is 0 Å². The summed E-state index contributed by atoms with van der Waals surface area (Å²) in [6, 6.07) is 0. The molecule has 2 heterocycles. The molecule has 1 aromatic heterocycles. The average Bonchev–Trinajstić information content (AvgIpc) is 2.48. The standard InChI is InChI=1S/C14H23ClN4O/c1-3-7-16-14-17-10-12(15)13(18-14)19-8-5-11(6-9-19)20-4-2/h10-11H,3-9H2,1-2H3,(H,16,17,18). The first-order valence-electron chi connectivity index (χ1n) is 7.37. The zero-order valence-electron chi connectivity index (χ0n) is 12.2. The van der Waals surface area contributed by atoms with Gasteiger partial charge in [-0.1, -0.05) is 18.5 Å². The molecule has 1 aromatic rings. The second-order valence-electron chi connectivity index (χ2n) is 4.93. The summed E-state index contributed by atoms with van der Waals surface area (Å²) >= 11 is 6.24. The topological polar surface area (TPSA) is 50.3 Å². The van der Waals surface area contributed by atoms with Crippen molar-refractivity contribution in [1.29, 1.82) is 0 Å². The Hall–Kier alpha value is -1.07. The van der Waals surface area contributed by atoms with Crippen LogP contribution >= 0.6 is 11.6 Å². The Bertz CT molecular complexity index is 422. The maximum atomic E-state index is 6.24. The molecule has 0 atom stereocenters. The monoisotopic (exact) mass is 298 g/mol. The van der Waals surface area contributed by atoms with Crippen LogP contribution in [0.3, 0.4) is 0 Å². The second kappa shape index (κ2) is 7.64. The summed E-state index contributed by atoms with van der Waals surface area (Å²) in [6.45, 7) is 7.66. The number of nitrogens with one attached hydrogen (secondary N) is 1. The zero-order chi connectivity index (χ0) is 14.4. The number of hydrogen-bond donors (Lipinski definition) is 1. The summed E-state index contributed by atoms with van der Waals surface area (Å²) in [6.07, 6.45) is 5.13. The van der Waals surface area contributed by atoms with E-state index in [4.69, 9.17) is 16.3 Å². The van der Waals surface area contributed by atoms with Gasteiger partial charge in [-0.05, 0) is 26.2 Å². The van der Waals surface area contributed by atoms with E-state index in [0.29, 0.717) is 17.1 Å². The molecule has 0 amide bonds. The van der Waals surface area contributed by atoms with Crippen molar-refractivity contribution in [3.05, 3.63) is 11.2 Å². The Morgan fingerprint density at radius 2 is 2.15 bits per heavy atom. The molecule has 1 N–H and O–H groups in total. The van der Waals surface area contributed by atoms with Crippen molar-refractivity contribution in [1.82, 2.24) is 9.97 Å². The lowest BCUT2D eigenvalue weighted by Gasteiger charge is -2.33. The molecule has 0 saturated carbocycles. The Morgan fingerprint density at radius 3 is 2.80 bits per heavy atom. The van der Waals surface area contributed by atoms with Crippen LogP contribution < -0.4 is 10.2 Å². The maximum Gasteiger partial charge on any atom is 0.224 e. The van der Waals surface area contributed by atoms with Gasteiger partial charge in [0.15, 0.2) is 5.82 Å². The Balaban J connectivity index is 2.01. The predicted molar refractivity (Wildman–Crippen MR) is 82.7 cm³/mol. The fourth-order valence-electron chi connectivity index (χ4n) is 2.37. The summed E-state index contributed by atoms with van der Waals surface area (Å²) in [5, 5.41) is 3.81. The molecule has 1 aliphatic heterocycles. The molecule has 5 nitrogen and oxygen atoms in total. The summed E-state index contributed by atoms with van der Waals surface area (Å²) in [7, 11) is 0. The third-order valence-electron chi connectivity index (χ3n) is 3.40.